The molecule has 0 radical (unpaired) electrons. The lowest BCUT2D eigenvalue weighted by atomic mass is 10.0. The topological polar surface area (TPSA) is 71.6 Å². The third-order valence-corrected chi connectivity index (χ3v) is 4.25. The number of hydrogen-bond acceptors (Lipinski definition) is 4. The first-order valence-electron chi connectivity index (χ1n) is 8.82. The summed E-state index contributed by atoms with van der Waals surface area (Å²) in [4.78, 5) is 29.5. The maximum atomic E-state index is 12.9. The number of amides is 1. The molecule has 7 heteroatoms. The second-order valence-electron chi connectivity index (χ2n) is 6.25. The van der Waals surface area contributed by atoms with Gasteiger partial charge in [-0.1, -0.05) is 13.3 Å². The molecule has 0 fully saturated rings. The van der Waals surface area contributed by atoms with Crippen LogP contribution in [0.3, 0.4) is 0 Å². The number of methoxy groups -OCH3 is 1. The average Bonchev–Trinajstić information content (AvgIpc) is 2.98. The Balaban J connectivity index is 2.09. The van der Waals surface area contributed by atoms with E-state index in [4.69, 9.17) is 9.47 Å². The van der Waals surface area contributed by atoms with Gasteiger partial charge in [0.1, 0.15) is 23.9 Å². The highest BCUT2D eigenvalue weighted by Crippen LogP contribution is 2.23. The SMILES string of the molecule is CCCc1c(C(=O)N(C)CCOc2ccc(F)cc2)[nH]c(C)c1C(=O)OC. The summed E-state index contributed by atoms with van der Waals surface area (Å²) in [6, 6.07) is 5.70. The number of ether oxygens (including phenoxy) is 2. The van der Waals surface area contributed by atoms with Gasteiger partial charge in [0.05, 0.1) is 19.2 Å². The van der Waals surface area contributed by atoms with E-state index in [9.17, 15) is 14.0 Å². The summed E-state index contributed by atoms with van der Waals surface area (Å²) >= 11 is 0. The molecule has 6 nitrogen and oxygen atoms in total. The third kappa shape index (κ3) is 4.87. The molecule has 0 saturated carbocycles. The molecule has 27 heavy (non-hydrogen) atoms. The normalized spacial score (nSPS) is 10.6. The van der Waals surface area contributed by atoms with E-state index < -0.39 is 5.97 Å². The van der Waals surface area contributed by atoms with Crippen LogP contribution < -0.4 is 4.74 Å². The predicted octanol–water partition coefficient (Wildman–Crippen LogP) is 3.35. The molecule has 0 aliphatic carbocycles. The number of aromatic amines is 1. The van der Waals surface area contributed by atoms with E-state index in [2.05, 4.69) is 4.98 Å². The fourth-order valence-corrected chi connectivity index (χ4v) is 2.86. The third-order valence-electron chi connectivity index (χ3n) is 4.25. The Morgan fingerprint density at radius 3 is 2.48 bits per heavy atom. The smallest absolute Gasteiger partial charge is 0.339 e. The Kier molecular flexibility index (Phi) is 6.98. The summed E-state index contributed by atoms with van der Waals surface area (Å²) in [5.74, 6) is -0.470. The number of H-pyrrole nitrogens is 1. The molecule has 0 aliphatic heterocycles. The molecule has 0 unspecified atom stereocenters. The number of nitrogens with zero attached hydrogens (tertiary/aromatic N) is 1. The van der Waals surface area contributed by atoms with Crippen LogP contribution in [0.5, 0.6) is 5.75 Å². The summed E-state index contributed by atoms with van der Waals surface area (Å²) in [6.07, 6.45) is 1.38. The highest BCUT2D eigenvalue weighted by molar-refractivity contribution is 6.00. The van der Waals surface area contributed by atoms with E-state index >= 15 is 0 Å². The van der Waals surface area contributed by atoms with Gasteiger partial charge in [-0.2, -0.15) is 0 Å². The standard InChI is InChI=1S/C20H25FN2O4/c1-5-6-16-17(20(25)26-4)13(2)22-18(16)19(24)23(3)11-12-27-15-9-7-14(21)8-10-15/h7-10,22H,5-6,11-12H2,1-4H3. The van der Waals surface area contributed by atoms with Crippen molar-refractivity contribution < 1.29 is 23.5 Å². The van der Waals surface area contributed by atoms with E-state index in [1.807, 2.05) is 6.92 Å². The fraction of sp³-hybridized carbons (Fsp3) is 0.400. The zero-order chi connectivity index (χ0) is 20.0. The number of likely N-dealkylation sites (N-methyl/N-ethyl adjacent to an activating group) is 1. The first-order valence-corrected chi connectivity index (χ1v) is 8.82. The number of benzene rings is 1. The van der Waals surface area contributed by atoms with Crippen molar-refractivity contribution in [2.75, 3.05) is 27.3 Å². The minimum Gasteiger partial charge on any atom is -0.492 e. The van der Waals surface area contributed by atoms with Crippen molar-refractivity contribution in [3.63, 3.8) is 0 Å². The summed E-state index contributed by atoms with van der Waals surface area (Å²) in [5, 5.41) is 0. The number of aromatic nitrogens is 1. The van der Waals surface area contributed by atoms with Gasteiger partial charge in [0, 0.05) is 12.7 Å². The predicted molar refractivity (Wildman–Crippen MR) is 99.7 cm³/mol. The highest BCUT2D eigenvalue weighted by Gasteiger charge is 2.26. The summed E-state index contributed by atoms with van der Waals surface area (Å²) in [6.45, 7) is 4.34. The molecule has 2 aromatic rings. The molecule has 0 aliphatic rings. The van der Waals surface area contributed by atoms with E-state index in [1.54, 1.807) is 14.0 Å². The summed E-state index contributed by atoms with van der Waals surface area (Å²) in [7, 11) is 2.99. The second-order valence-corrected chi connectivity index (χ2v) is 6.25. The lowest BCUT2D eigenvalue weighted by Gasteiger charge is -2.18. The Morgan fingerprint density at radius 1 is 1.22 bits per heavy atom. The van der Waals surface area contributed by atoms with Crippen molar-refractivity contribution in [1.82, 2.24) is 9.88 Å². The maximum absolute atomic E-state index is 12.9. The lowest BCUT2D eigenvalue weighted by Crippen LogP contribution is -2.31. The van der Waals surface area contributed by atoms with Crippen molar-refractivity contribution in [2.45, 2.75) is 26.7 Å². The van der Waals surface area contributed by atoms with Gasteiger partial charge in [0.15, 0.2) is 0 Å². The van der Waals surface area contributed by atoms with E-state index in [-0.39, 0.29) is 18.3 Å². The quantitative estimate of drug-likeness (QED) is 0.717. The largest absolute Gasteiger partial charge is 0.492 e. The van der Waals surface area contributed by atoms with Gasteiger partial charge in [0.25, 0.3) is 5.91 Å². The first kappa shape index (κ1) is 20.5. The molecular weight excluding hydrogens is 351 g/mol. The molecule has 2 rings (SSSR count). The highest BCUT2D eigenvalue weighted by atomic mass is 19.1. The Hall–Kier alpha value is -2.83. The Bertz CT molecular complexity index is 799. The van der Waals surface area contributed by atoms with Crippen molar-refractivity contribution in [1.29, 1.82) is 0 Å². The Morgan fingerprint density at radius 2 is 1.89 bits per heavy atom. The number of carbonyl (C=O) groups excluding carboxylic acids is 2. The summed E-state index contributed by atoms with van der Waals surface area (Å²) < 4.78 is 23.3. The molecule has 1 heterocycles. The average molecular weight is 376 g/mol. The first-order chi connectivity index (χ1) is 12.9. The minimum absolute atomic E-state index is 0.223. The number of halogens is 1. The van der Waals surface area contributed by atoms with Gasteiger partial charge in [-0.3, -0.25) is 4.79 Å². The molecule has 1 aromatic carbocycles. The number of rotatable bonds is 8. The van der Waals surface area contributed by atoms with Crippen LogP contribution in [-0.4, -0.2) is 49.1 Å². The fourth-order valence-electron chi connectivity index (χ4n) is 2.86. The van der Waals surface area contributed by atoms with E-state index in [0.29, 0.717) is 41.2 Å². The van der Waals surface area contributed by atoms with Crippen LogP contribution >= 0.6 is 0 Å². The molecule has 1 amide bonds. The van der Waals surface area contributed by atoms with E-state index in [0.717, 1.165) is 6.42 Å². The van der Waals surface area contributed by atoms with Gasteiger partial charge in [-0.25, -0.2) is 9.18 Å². The van der Waals surface area contributed by atoms with E-state index in [1.165, 1.54) is 36.3 Å². The molecule has 0 bridgehead atoms. The number of carbonyl (C=O) groups is 2. The molecule has 146 valence electrons. The van der Waals surface area contributed by atoms with Crippen LogP contribution in [-0.2, 0) is 11.2 Å². The van der Waals surface area contributed by atoms with Crippen LogP contribution in [0, 0.1) is 12.7 Å². The lowest BCUT2D eigenvalue weighted by molar-refractivity contribution is 0.0599. The number of aryl methyl sites for hydroxylation is 1. The zero-order valence-electron chi connectivity index (χ0n) is 16.1. The van der Waals surface area contributed by atoms with Gasteiger partial charge < -0.3 is 19.4 Å². The van der Waals surface area contributed by atoms with Crippen molar-refractivity contribution in [3.05, 3.63) is 52.6 Å². The molecule has 1 N–H and O–H groups in total. The van der Waals surface area contributed by atoms with Crippen molar-refractivity contribution in [3.8, 4) is 5.75 Å². The van der Waals surface area contributed by atoms with Crippen LogP contribution in [0.2, 0.25) is 0 Å². The number of nitrogens with one attached hydrogen (secondary N) is 1. The van der Waals surface area contributed by atoms with Crippen LogP contribution in [0.15, 0.2) is 24.3 Å². The van der Waals surface area contributed by atoms with Crippen LogP contribution in [0.4, 0.5) is 4.39 Å². The molecule has 1 aromatic heterocycles. The number of esters is 1. The Labute approximate surface area is 158 Å². The van der Waals surface area contributed by atoms with Gasteiger partial charge >= 0.3 is 5.97 Å². The maximum Gasteiger partial charge on any atom is 0.339 e. The molecular formula is C20H25FN2O4. The molecule has 0 spiro atoms. The second kappa shape index (κ2) is 9.21. The van der Waals surface area contributed by atoms with Crippen molar-refractivity contribution >= 4 is 11.9 Å². The van der Waals surface area contributed by atoms with Gasteiger partial charge in [-0.05, 0) is 43.2 Å². The van der Waals surface area contributed by atoms with Crippen LogP contribution in [0.1, 0.15) is 45.4 Å². The summed E-state index contributed by atoms with van der Waals surface area (Å²) in [5.41, 5.74) is 2.13. The van der Waals surface area contributed by atoms with Gasteiger partial charge in [-0.15, -0.1) is 0 Å². The van der Waals surface area contributed by atoms with Crippen LogP contribution in [0.25, 0.3) is 0 Å². The van der Waals surface area contributed by atoms with Crippen molar-refractivity contribution in [2.24, 2.45) is 0 Å². The number of hydrogen-bond donors (Lipinski definition) is 1. The molecule has 0 atom stereocenters. The zero-order valence-corrected chi connectivity index (χ0v) is 16.1. The van der Waals surface area contributed by atoms with Gasteiger partial charge in [0.2, 0.25) is 0 Å². The minimum atomic E-state index is -0.450. The monoisotopic (exact) mass is 376 g/mol. The molecule has 0 saturated heterocycles.